The number of halogens is 2. The molecule has 9 nitrogen and oxygen atoms in total. The molecule has 2 aromatic carbocycles. The minimum Gasteiger partial charge on any atom is -0.490 e. The average molecular weight is 638 g/mol. The Morgan fingerprint density at radius 1 is 1.21 bits per heavy atom. The van der Waals surface area contributed by atoms with E-state index in [-0.39, 0.29) is 27.9 Å². The third-order valence-corrected chi connectivity index (χ3v) is 7.51. The van der Waals surface area contributed by atoms with Crippen LogP contribution in [0.2, 0.25) is 5.02 Å². The van der Waals surface area contributed by atoms with Crippen LogP contribution in [0, 0.1) is 3.57 Å². The lowest BCUT2D eigenvalue weighted by molar-refractivity contribution is -0.143. The van der Waals surface area contributed by atoms with Crippen molar-refractivity contribution in [2.45, 2.75) is 11.8 Å². The molecule has 1 aliphatic rings. The summed E-state index contributed by atoms with van der Waals surface area (Å²) in [5, 5.41) is -0.223. The average Bonchev–Trinajstić information content (AvgIpc) is 3.03. The van der Waals surface area contributed by atoms with E-state index in [4.69, 9.17) is 20.5 Å². The smallest absolute Gasteiger partial charge is 0.339 e. The van der Waals surface area contributed by atoms with Crippen LogP contribution in [0.1, 0.15) is 12.5 Å². The fourth-order valence-corrected chi connectivity index (χ4v) is 5.56. The number of carbonyl (C=O) groups is 3. The lowest BCUT2D eigenvalue weighted by Crippen LogP contribution is -2.34. The zero-order valence-corrected chi connectivity index (χ0v) is 22.3. The van der Waals surface area contributed by atoms with Crippen LogP contribution in [0.5, 0.6) is 11.5 Å². The normalized spacial score (nSPS) is 15.1. The monoisotopic (exact) mass is 637 g/mol. The van der Waals surface area contributed by atoms with Crippen LogP contribution in [-0.2, 0) is 24.4 Å². The topological polar surface area (TPSA) is 116 Å². The molecule has 1 saturated heterocycles. The predicted molar refractivity (Wildman–Crippen MR) is 134 cm³/mol. The minimum atomic E-state index is -4.18. The molecule has 3 rings (SSSR count). The molecule has 1 fully saturated rings. The van der Waals surface area contributed by atoms with Gasteiger partial charge in [0.2, 0.25) is 0 Å². The molecule has 1 aliphatic heterocycles. The Hall–Kier alpha value is -2.29. The van der Waals surface area contributed by atoms with E-state index >= 15 is 0 Å². The first-order valence-corrected chi connectivity index (χ1v) is 13.2. The molecule has 0 radical (unpaired) electrons. The number of methoxy groups -OCH3 is 1. The molecular weight excluding hydrogens is 621 g/mol. The third kappa shape index (κ3) is 6.03. The van der Waals surface area contributed by atoms with E-state index in [1.54, 1.807) is 13.0 Å². The summed E-state index contributed by atoms with van der Waals surface area (Å²) >= 11 is 8.39. The van der Waals surface area contributed by atoms with Gasteiger partial charge in [-0.05, 0) is 89.3 Å². The van der Waals surface area contributed by atoms with Crippen LogP contribution in [-0.4, -0.2) is 50.7 Å². The van der Waals surface area contributed by atoms with Crippen LogP contribution in [0.3, 0.4) is 0 Å². The summed E-state index contributed by atoms with van der Waals surface area (Å²) in [5.41, 5.74) is 0.465. The Bertz CT molecular complexity index is 1280. The van der Waals surface area contributed by atoms with Crippen LogP contribution >= 0.6 is 46.0 Å². The fraction of sp³-hybridized carbons (Fsp3) is 0.190. The molecule has 0 saturated carbocycles. The minimum absolute atomic E-state index is 0.0201. The number of esters is 1. The van der Waals surface area contributed by atoms with Gasteiger partial charge in [0, 0.05) is 5.02 Å². The van der Waals surface area contributed by atoms with Gasteiger partial charge in [-0.25, -0.2) is 0 Å². The maximum Gasteiger partial charge on any atom is 0.339 e. The number of rotatable bonds is 8. The molecule has 1 heterocycles. The van der Waals surface area contributed by atoms with Crippen molar-refractivity contribution < 1.29 is 36.5 Å². The van der Waals surface area contributed by atoms with Crippen molar-refractivity contribution in [3.63, 3.8) is 0 Å². The molecule has 0 aliphatic carbocycles. The highest BCUT2D eigenvalue weighted by molar-refractivity contribution is 14.1. The number of hydrogen-bond acceptors (Lipinski definition) is 9. The fourth-order valence-electron chi connectivity index (χ4n) is 2.76. The maximum absolute atomic E-state index is 12.7. The lowest BCUT2D eigenvalue weighted by Gasteiger charge is -2.15. The Balaban J connectivity index is 1.94. The largest absolute Gasteiger partial charge is 0.490 e. The summed E-state index contributed by atoms with van der Waals surface area (Å²) < 4.78 is 41.4. The zero-order valence-electron chi connectivity index (χ0n) is 17.7. The van der Waals surface area contributed by atoms with E-state index in [0.717, 1.165) is 12.0 Å². The summed E-state index contributed by atoms with van der Waals surface area (Å²) in [6, 6.07) is 8.58. The van der Waals surface area contributed by atoms with Gasteiger partial charge in [0.15, 0.2) is 11.5 Å². The van der Waals surface area contributed by atoms with Crippen molar-refractivity contribution in [2.24, 2.45) is 0 Å². The van der Waals surface area contributed by atoms with E-state index in [2.05, 4.69) is 4.74 Å². The lowest BCUT2D eigenvalue weighted by atomic mass is 10.2. The van der Waals surface area contributed by atoms with E-state index in [0.29, 0.717) is 25.9 Å². The number of imide groups is 1. The molecule has 0 unspecified atom stereocenters. The van der Waals surface area contributed by atoms with Crippen LogP contribution in [0.25, 0.3) is 6.08 Å². The van der Waals surface area contributed by atoms with Gasteiger partial charge in [-0.2, -0.15) is 8.42 Å². The maximum atomic E-state index is 12.7. The molecule has 2 amide bonds. The number of thioether (sulfide) groups is 1. The summed E-state index contributed by atoms with van der Waals surface area (Å²) in [7, 11) is -3.02. The van der Waals surface area contributed by atoms with Crippen molar-refractivity contribution in [1.29, 1.82) is 0 Å². The van der Waals surface area contributed by atoms with Gasteiger partial charge < -0.3 is 13.7 Å². The first-order chi connectivity index (χ1) is 16.1. The van der Waals surface area contributed by atoms with Gasteiger partial charge in [-0.15, -0.1) is 0 Å². The van der Waals surface area contributed by atoms with Crippen molar-refractivity contribution >= 4 is 79.3 Å². The van der Waals surface area contributed by atoms with E-state index in [9.17, 15) is 22.8 Å². The summed E-state index contributed by atoms with van der Waals surface area (Å²) in [5.74, 6) is -1.25. The second-order valence-corrected chi connectivity index (χ2v) is 10.7. The number of nitrogens with zero attached hydrogens (tertiary/aromatic N) is 1. The second-order valence-electron chi connectivity index (χ2n) is 6.60. The highest BCUT2D eigenvalue weighted by Crippen LogP contribution is 2.38. The highest BCUT2D eigenvalue weighted by Gasteiger charge is 2.36. The molecule has 2 aromatic rings. The van der Waals surface area contributed by atoms with E-state index in [1.165, 1.54) is 36.4 Å². The molecule has 180 valence electrons. The highest BCUT2D eigenvalue weighted by atomic mass is 127. The van der Waals surface area contributed by atoms with Gasteiger partial charge in [0.25, 0.3) is 11.1 Å². The first-order valence-electron chi connectivity index (χ1n) is 9.54. The zero-order chi connectivity index (χ0) is 25.0. The second kappa shape index (κ2) is 11.0. The molecule has 0 bridgehead atoms. The summed E-state index contributed by atoms with van der Waals surface area (Å²) in [4.78, 5) is 37.0. The molecule has 34 heavy (non-hydrogen) atoms. The van der Waals surface area contributed by atoms with Gasteiger partial charge >= 0.3 is 16.1 Å². The number of carbonyl (C=O) groups excluding carboxylic acids is 3. The van der Waals surface area contributed by atoms with Crippen molar-refractivity contribution in [3.05, 3.63) is 55.5 Å². The van der Waals surface area contributed by atoms with Crippen LogP contribution in [0.4, 0.5) is 4.79 Å². The Kier molecular flexibility index (Phi) is 8.49. The molecule has 13 heteroatoms. The van der Waals surface area contributed by atoms with Gasteiger partial charge in [-0.3, -0.25) is 19.3 Å². The van der Waals surface area contributed by atoms with E-state index < -0.39 is 33.8 Å². The standard InChI is InChI=1S/C21H17ClINO8S2/c1-3-31-16-9-12(10-17-20(26)24(21(27)33-17)11-18(25)30-2)8-15(23)19(16)32-34(28,29)14-6-4-13(22)5-7-14/h4-10H,3,11H2,1-2H3/b17-10-. The SMILES string of the molecule is CCOc1cc(/C=C2\SC(=O)N(CC(=O)OC)C2=O)cc(I)c1OS(=O)(=O)c1ccc(Cl)cc1. The quantitative estimate of drug-likeness (QED) is 0.181. The Labute approximate surface area is 218 Å². The third-order valence-electron chi connectivity index (χ3n) is 4.31. The molecule has 0 aromatic heterocycles. The number of ether oxygens (including phenoxy) is 2. The van der Waals surface area contributed by atoms with E-state index in [1.807, 2.05) is 22.6 Å². The molecule has 0 atom stereocenters. The van der Waals surface area contributed by atoms with Gasteiger partial charge in [0.05, 0.1) is 22.2 Å². The molecule has 0 N–H and O–H groups in total. The number of amides is 2. The van der Waals surface area contributed by atoms with Crippen LogP contribution in [0.15, 0.2) is 46.2 Å². The van der Waals surface area contributed by atoms with Crippen molar-refractivity contribution in [3.8, 4) is 11.5 Å². The molecule has 0 spiro atoms. The Morgan fingerprint density at radius 2 is 1.88 bits per heavy atom. The predicted octanol–water partition coefficient (Wildman–Crippen LogP) is 4.32. The summed E-state index contributed by atoms with van der Waals surface area (Å²) in [6.07, 6.45) is 1.45. The Morgan fingerprint density at radius 3 is 2.50 bits per heavy atom. The number of hydrogen-bond donors (Lipinski definition) is 0. The molecular formula is C21H17ClINO8S2. The number of benzene rings is 2. The van der Waals surface area contributed by atoms with Gasteiger partial charge in [-0.1, -0.05) is 11.6 Å². The first kappa shape index (κ1) is 26.3. The van der Waals surface area contributed by atoms with Crippen molar-refractivity contribution in [1.82, 2.24) is 4.90 Å². The van der Waals surface area contributed by atoms with Crippen LogP contribution < -0.4 is 8.92 Å². The van der Waals surface area contributed by atoms with Gasteiger partial charge in [0.1, 0.15) is 11.4 Å². The van der Waals surface area contributed by atoms with Crippen molar-refractivity contribution in [2.75, 3.05) is 20.3 Å². The summed E-state index contributed by atoms with van der Waals surface area (Å²) in [6.45, 7) is 1.44.